The van der Waals surface area contributed by atoms with Gasteiger partial charge in [-0.05, 0) is 30.5 Å². The van der Waals surface area contributed by atoms with E-state index in [1.54, 1.807) is 0 Å². The molecule has 2 aromatic rings. The molecule has 0 spiro atoms. The van der Waals surface area contributed by atoms with Gasteiger partial charge in [0.15, 0.2) is 0 Å². The quantitative estimate of drug-likeness (QED) is 0.800. The summed E-state index contributed by atoms with van der Waals surface area (Å²) in [6.07, 6.45) is 5.07. The molecular formula is C13H17N3. The number of rotatable bonds is 3. The molecule has 84 valence electrons. The average Bonchev–Trinajstić information content (AvgIpc) is 2.71. The summed E-state index contributed by atoms with van der Waals surface area (Å²) < 4.78 is 1.97. The zero-order chi connectivity index (χ0) is 11.5. The Morgan fingerprint density at radius 3 is 2.94 bits per heavy atom. The SMILES string of the molecule is CCCn1cc(-c2cccc(N)c2C)cn1. The van der Waals surface area contributed by atoms with Gasteiger partial charge in [0.05, 0.1) is 6.20 Å². The van der Waals surface area contributed by atoms with Gasteiger partial charge in [0.1, 0.15) is 0 Å². The minimum atomic E-state index is 0.834. The van der Waals surface area contributed by atoms with Crippen LogP contribution in [-0.4, -0.2) is 9.78 Å². The van der Waals surface area contributed by atoms with E-state index in [0.717, 1.165) is 29.8 Å². The van der Waals surface area contributed by atoms with Crippen LogP contribution in [0.5, 0.6) is 0 Å². The fraction of sp³-hybridized carbons (Fsp3) is 0.308. The Kier molecular flexibility index (Phi) is 2.95. The molecule has 3 heteroatoms. The van der Waals surface area contributed by atoms with Gasteiger partial charge in [0, 0.05) is 24.0 Å². The first-order valence-corrected chi connectivity index (χ1v) is 5.60. The Labute approximate surface area is 95.9 Å². The van der Waals surface area contributed by atoms with Crippen LogP contribution in [0.2, 0.25) is 0 Å². The normalized spacial score (nSPS) is 10.6. The van der Waals surface area contributed by atoms with Gasteiger partial charge in [0.25, 0.3) is 0 Å². The van der Waals surface area contributed by atoms with E-state index in [-0.39, 0.29) is 0 Å². The monoisotopic (exact) mass is 215 g/mol. The fourth-order valence-electron chi connectivity index (χ4n) is 1.82. The standard InChI is InChI=1S/C13H17N3/c1-3-7-16-9-11(8-15-16)12-5-4-6-13(14)10(12)2/h4-6,8-9H,3,7,14H2,1-2H3. The first-order valence-electron chi connectivity index (χ1n) is 5.60. The molecule has 2 rings (SSSR count). The second-order valence-corrected chi connectivity index (χ2v) is 4.01. The van der Waals surface area contributed by atoms with Crippen LogP contribution in [0.15, 0.2) is 30.6 Å². The molecule has 0 radical (unpaired) electrons. The van der Waals surface area contributed by atoms with Crippen molar-refractivity contribution in [3.8, 4) is 11.1 Å². The van der Waals surface area contributed by atoms with Crippen molar-refractivity contribution in [1.82, 2.24) is 9.78 Å². The summed E-state index contributed by atoms with van der Waals surface area (Å²) in [6, 6.07) is 5.99. The Morgan fingerprint density at radius 1 is 1.38 bits per heavy atom. The fourth-order valence-corrected chi connectivity index (χ4v) is 1.82. The van der Waals surface area contributed by atoms with E-state index < -0.39 is 0 Å². The average molecular weight is 215 g/mol. The van der Waals surface area contributed by atoms with Crippen LogP contribution in [0.25, 0.3) is 11.1 Å². The lowest BCUT2D eigenvalue weighted by atomic mass is 10.0. The molecule has 1 aromatic carbocycles. The van der Waals surface area contributed by atoms with Gasteiger partial charge in [-0.15, -0.1) is 0 Å². The number of nitrogens with zero attached hydrogens (tertiary/aromatic N) is 2. The molecule has 0 unspecified atom stereocenters. The lowest BCUT2D eigenvalue weighted by Gasteiger charge is -2.05. The van der Waals surface area contributed by atoms with Crippen molar-refractivity contribution in [3.05, 3.63) is 36.2 Å². The Hall–Kier alpha value is -1.77. The number of anilines is 1. The zero-order valence-corrected chi connectivity index (χ0v) is 9.77. The van der Waals surface area contributed by atoms with Crippen molar-refractivity contribution in [2.45, 2.75) is 26.8 Å². The van der Waals surface area contributed by atoms with Crippen LogP contribution in [0, 0.1) is 6.92 Å². The van der Waals surface area contributed by atoms with Crippen molar-refractivity contribution >= 4 is 5.69 Å². The molecule has 2 N–H and O–H groups in total. The first-order chi connectivity index (χ1) is 7.72. The number of aryl methyl sites for hydroxylation is 1. The van der Waals surface area contributed by atoms with E-state index in [1.807, 2.05) is 29.9 Å². The van der Waals surface area contributed by atoms with Crippen LogP contribution in [-0.2, 0) is 6.54 Å². The van der Waals surface area contributed by atoms with E-state index in [0.29, 0.717) is 0 Å². The Morgan fingerprint density at radius 2 is 2.19 bits per heavy atom. The molecule has 3 nitrogen and oxygen atoms in total. The predicted octanol–water partition coefficient (Wildman–Crippen LogP) is 2.85. The molecule has 16 heavy (non-hydrogen) atoms. The van der Waals surface area contributed by atoms with Gasteiger partial charge in [-0.1, -0.05) is 19.1 Å². The summed E-state index contributed by atoms with van der Waals surface area (Å²) in [7, 11) is 0. The number of aromatic nitrogens is 2. The van der Waals surface area contributed by atoms with Crippen molar-refractivity contribution in [1.29, 1.82) is 0 Å². The number of hydrogen-bond donors (Lipinski definition) is 1. The highest BCUT2D eigenvalue weighted by Gasteiger charge is 2.06. The van der Waals surface area contributed by atoms with Crippen molar-refractivity contribution in [3.63, 3.8) is 0 Å². The lowest BCUT2D eigenvalue weighted by Crippen LogP contribution is -1.95. The van der Waals surface area contributed by atoms with E-state index in [2.05, 4.69) is 24.3 Å². The number of nitrogen functional groups attached to an aromatic ring is 1. The highest BCUT2D eigenvalue weighted by molar-refractivity contribution is 5.71. The zero-order valence-electron chi connectivity index (χ0n) is 9.77. The third-order valence-electron chi connectivity index (χ3n) is 2.77. The minimum absolute atomic E-state index is 0.834. The molecular weight excluding hydrogens is 198 g/mol. The van der Waals surface area contributed by atoms with Gasteiger partial charge < -0.3 is 5.73 Å². The van der Waals surface area contributed by atoms with Gasteiger partial charge in [0.2, 0.25) is 0 Å². The molecule has 1 heterocycles. The van der Waals surface area contributed by atoms with Crippen molar-refractivity contribution in [2.24, 2.45) is 0 Å². The van der Waals surface area contributed by atoms with E-state index in [1.165, 1.54) is 5.56 Å². The van der Waals surface area contributed by atoms with Gasteiger partial charge in [-0.25, -0.2) is 0 Å². The van der Waals surface area contributed by atoms with Gasteiger partial charge >= 0.3 is 0 Å². The Balaban J connectivity index is 2.39. The smallest absolute Gasteiger partial charge is 0.0568 e. The Bertz CT molecular complexity index is 486. The van der Waals surface area contributed by atoms with E-state index in [4.69, 9.17) is 5.73 Å². The largest absolute Gasteiger partial charge is 0.398 e. The first kappa shape index (κ1) is 10.7. The van der Waals surface area contributed by atoms with Crippen LogP contribution >= 0.6 is 0 Å². The molecule has 0 atom stereocenters. The third kappa shape index (κ3) is 1.94. The van der Waals surface area contributed by atoms with Crippen LogP contribution < -0.4 is 5.73 Å². The minimum Gasteiger partial charge on any atom is -0.398 e. The lowest BCUT2D eigenvalue weighted by molar-refractivity contribution is 0.603. The topological polar surface area (TPSA) is 43.8 Å². The molecule has 0 saturated heterocycles. The van der Waals surface area contributed by atoms with Crippen LogP contribution in [0.3, 0.4) is 0 Å². The van der Waals surface area contributed by atoms with E-state index in [9.17, 15) is 0 Å². The molecule has 1 aromatic heterocycles. The van der Waals surface area contributed by atoms with Crippen LogP contribution in [0.1, 0.15) is 18.9 Å². The molecule has 0 fully saturated rings. The number of nitrogens with two attached hydrogens (primary N) is 1. The second-order valence-electron chi connectivity index (χ2n) is 4.01. The third-order valence-corrected chi connectivity index (χ3v) is 2.77. The molecule has 0 amide bonds. The highest BCUT2D eigenvalue weighted by Crippen LogP contribution is 2.26. The maximum atomic E-state index is 5.90. The van der Waals surface area contributed by atoms with Gasteiger partial charge in [-0.3, -0.25) is 4.68 Å². The summed E-state index contributed by atoms with van der Waals surface area (Å²) >= 11 is 0. The maximum absolute atomic E-state index is 5.90. The molecule has 0 saturated carbocycles. The molecule has 0 aliphatic rings. The summed E-state index contributed by atoms with van der Waals surface area (Å²) in [5.41, 5.74) is 10.2. The van der Waals surface area contributed by atoms with Crippen molar-refractivity contribution in [2.75, 3.05) is 5.73 Å². The molecule has 0 bridgehead atoms. The second kappa shape index (κ2) is 4.39. The molecule has 0 aliphatic heterocycles. The number of benzene rings is 1. The summed E-state index contributed by atoms with van der Waals surface area (Å²) in [4.78, 5) is 0. The molecule has 0 aliphatic carbocycles. The van der Waals surface area contributed by atoms with E-state index >= 15 is 0 Å². The number of hydrogen-bond acceptors (Lipinski definition) is 2. The van der Waals surface area contributed by atoms with Crippen molar-refractivity contribution < 1.29 is 0 Å². The highest BCUT2D eigenvalue weighted by atomic mass is 15.3. The predicted molar refractivity (Wildman–Crippen MR) is 67.1 cm³/mol. The summed E-state index contributed by atoms with van der Waals surface area (Å²) in [5.74, 6) is 0. The summed E-state index contributed by atoms with van der Waals surface area (Å²) in [6.45, 7) is 5.15. The maximum Gasteiger partial charge on any atom is 0.0568 e. The van der Waals surface area contributed by atoms with Crippen LogP contribution in [0.4, 0.5) is 5.69 Å². The van der Waals surface area contributed by atoms with Gasteiger partial charge in [-0.2, -0.15) is 5.10 Å². The summed E-state index contributed by atoms with van der Waals surface area (Å²) in [5, 5.41) is 4.33.